The summed E-state index contributed by atoms with van der Waals surface area (Å²) in [5, 5.41) is 12.2. The van der Waals surface area contributed by atoms with Crippen molar-refractivity contribution in [2.45, 2.75) is 13.3 Å². The molecule has 126 valence electrons. The number of aryl methyl sites for hydroxylation is 1. The second-order valence-electron chi connectivity index (χ2n) is 5.68. The van der Waals surface area contributed by atoms with Crippen molar-refractivity contribution in [1.29, 1.82) is 0 Å². The van der Waals surface area contributed by atoms with Crippen molar-refractivity contribution < 1.29 is 9.59 Å². The zero-order chi connectivity index (χ0) is 17.6. The van der Waals surface area contributed by atoms with E-state index in [-0.39, 0.29) is 11.8 Å². The van der Waals surface area contributed by atoms with Crippen molar-refractivity contribution in [3.05, 3.63) is 77.6 Å². The molecule has 6 heteroatoms. The van der Waals surface area contributed by atoms with Gasteiger partial charge < -0.3 is 10.6 Å². The molecule has 0 saturated heterocycles. The van der Waals surface area contributed by atoms with Crippen LogP contribution in [0.2, 0.25) is 0 Å². The fourth-order valence-corrected chi connectivity index (χ4v) is 2.39. The van der Waals surface area contributed by atoms with Gasteiger partial charge in [0.15, 0.2) is 5.69 Å². The van der Waals surface area contributed by atoms with Gasteiger partial charge in [-0.25, -0.2) is 0 Å². The van der Waals surface area contributed by atoms with Gasteiger partial charge >= 0.3 is 0 Å². The van der Waals surface area contributed by atoms with Crippen LogP contribution < -0.4 is 10.6 Å². The molecule has 2 aromatic carbocycles. The summed E-state index contributed by atoms with van der Waals surface area (Å²) in [6.07, 6.45) is 0.296. The molecule has 0 aliphatic carbocycles. The van der Waals surface area contributed by atoms with Gasteiger partial charge in [-0.1, -0.05) is 36.4 Å². The minimum absolute atomic E-state index is 0.113. The number of aromatic amines is 1. The summed E-state index contributed by atoms with van der Waals surface area (Å²) in [4.78, 5) is 24.2. The average Bonchev–Trinajstić information content (AvgIpc) is 3.02. The highest BCUT2D eigenvalue weighted by Gasteiger charge is 2.10. The molecule has 0 spiro atoms. The molecule has 3 N–H and O–H groups in total. The van der Waals surface area contributed by atoms with Crippen LogP contribution in [0, 0.1) is 6.92 Å². The van der Waals surface area contributed by atoms with E-state index in [4.69, 9.17) is 0 Å². The van der Waals surface area contributed by atoms with E-state index in [1.54, 1.807) is 30.3 Å². The van der Waals surface area contributed by atoms with Gasteiger partial charge in [0.2, 0.25) is 5.91 Å². The Morgan fingerprint density at radius 1 is 0.960 bits per heavy atom. The normalized spacial score (nSPS) is 10.3. The number of aromatic nitrogens is 2. The lowest BCUT2D eigenvalue weighted by atomic mass is 10.1. The summed E-state index contributed by atoms with van der Waals surface area (Å²) in [5.74, 6) is -0.422. The van der Waals surface area contributed by atoms with Crippen LogP contribution in [0.1, 0.15) is 21.7 Å². The SMILES string of the molecule is Cc1cc(C(=O)Nc2cccc(NC(=O)Cc3ccccc3)c2)n[nH]1. The number of hydrogen-bond donors (Lipinski definition) is 3. The first-order chi connectivity index (χ1) is 12.1. The molecule has 0 radical (unpaired) electrons. The molecule has 0 aliphatic heterocycles. The second kappa shape index (κ2) is 7.44. The standard InChI is InChI=1S/C19H18N4O2/c1-13-10-17(23-22-13)19(25)21-16-9-5-8-15(12-16)20-18(24)11-14-6-3-2-4-7-14/h2-10,12H,11H2,1H3,(H,20,24)(H,21,25)(H,22,23). The number of hydrogen-bond acceptors (Lipinski definition) is 3. The minimum Gasteiger partial charge on any atom is -0.326 e. The molecule has 3 aromatic rings. The average molecular weight is 334 g/mol. The first kappa shape index (κ1) is 16.4. The van der Waals surface area contributed by atoms with Gasteiger partial charge in [-0.3, -0.25) is 14.7 Å². The van der Waals surface area contributed by atoms with Crippen LogP contribution in [0.4, 0.5) is 11.4 Å². The molecule has 0 bridgehead atoms. The molecule has 0 unspecified atom stereocenters. The number of H-pyrrole nitrogens is 1. The Morgan fingerprint density at radius 2 is 1.68 bits per heavy atom. The third-order valence-corrected chi connectivity index (χ3v) is 3.55. The van der Waals surface area contributed by atoms with Gasteiger partial charge in [-0.05, 0) is 36.8 Å². The largest absolute Gasteiger partial charge is 0.326 e. The summed E-state index contributed by atoms with van der Waals surface area (Å²) in [7, 11) is 0. The summed E-state index contributed by atoms with van der Waals surface area (Å²) in [6, 6.07) is 18.2. The predicted octanol–water partition coefficient (Wildman–Crippen LogP) is 3.15. The first-order valence-corrected chi connectivity index (χ1v) is 7.87. The zero-order valence-electron chi connectivity index (χ0n) is 13.7. The number of carbonyl (C=O) groups excluding carboxylic acids is 2. The van der Waals surface area contributed by atoms with E-state index in [2.05, 4.69) is 20.8 Å². The van der Waals surface area contributed by atoms with E-state index in [0.29, 0.717) is 23.5 Å². The lowest BCUT2D eigenvalue weighted by Gasteiger charge is -2.08. The third kappa shape index (κ3) is 4.54. The van der Waals surface area contributed by atoms with Crippen molar-refractivity contribution in [3.63, 3.8) is 0 Å². The molecule has 0 fully saturated rings. The molecule has 1 heterocycles. The smallest absolute Gasteiger partial charge is 0.276 e. The van der Waals surface area contributed by atoms with Gasteiger partial charge in [0.1, 0.15) is 0 Å². The van der Waals surface area contributed by atoms with E-state index in [9.17, 15) is 9.59 Å². The van der Waals surface area contributed by atoms with Crippen molar-refractivity contribution in [2.75, 3.05) is 10.6 Å². The van der Waals surface area contributed by atoms with Crippen LogP contribution in [0.5, 0.6) is 0 Å². The van der Waals surface area contributed by atoms with Crippen LogP contribution in [0.15, 0.2) is 60.7 Å². The highest BCUT2D eigenvalue weighted by molar-refractivity contribution is 6.03. The maximum Gasteiger partial charge on any atom is 0.276 e. The molecular weight excluding hydrogens is 316 g/mol. The molecule has 6 nitrogen and oxygen atoms in total. The highest BCUT2D eigenvalue weighted by atomic mass is 16.2. The van der Waals surface area contributed by atoms with Gasteiger partial charge in [0, 0.05) is 17.1 Å². The molecule has 25 heavy (non-hydrogen) atoms. The number of anilines is 2. The molecule has 2 amide bonds. The van der Waals surface area contributed by atoms with E-state index in [0.717, 1.165) is 11.3 Å². The molecule has 1 aromatic heterocycles. The second-order valence-corrected chi connectivity index (χ2v) is 5.68. The Bertz CT molecular complexity index is 887. The number of amides is 2. The van der Waals surface area contributed by atoms with E-state index < -0.39 is 0 Å². The topological polar surface area (TPSA) is 86.9 Å². The zero-order valence-corrected chi connectivity index (χ0v) is 13.7. The van der Waals surface area contributed by atoms with Gasteiger partial charge in [-0.15, -0.1) is 0 Å². The third-order valence-electron chi connectivity index (χ3n) is 3.55. The maximum atomic E-state index is 12.1. The van der Waals surface area contributed by atoms with E-state index in [1.807, 2.05) is 37.3 Å². The fourth-order valence-electron chi connectivity index (χ4n) is 2.39. The molecule has 0 saturated carbocycles. The van der Waals surface area contributed by atoms with Crippen LogP contribution in [-0.4, -0.2) is 22.0 Å². The summed E-state index contributed by atoms with van der Waals surface area (Å²) in [5.41, 5.74) is 3.28. The fraction of sp³-hybridized carbons (Fsp3) is 0.105. The monoisotopic (exact) mass is 334 g/mol. The highest BCUT2D eigenvalue weighted by Crippen LogP contribution is 2.16. The van der Waals surface area contributed by atoms with Crippen LogP contribution in [0.3, 0.4) is 0 Å². The van der Waals surface area contributed by atoms with Crippen molar-refractivity contribution in [2.24, 2.45) is 0 Å². The quantitative estimate of drug-likeness (QED) is 0.670. The Balaban J connectivity index is 1.63. The van der Waals surface area contributed by atoms with Crippen LogP contribution >= 0.6 is 0 Å². The van der Waals surface area contributed by atoms with Crippen molar-refractivity contribution in [3.8, 4) is 0 Å². The Hall–Kier alpha value is -3.41. The maximum absolute atomic E-state index is 12.1. The number of nitrogens with zero attached hydrogens (tertiary/aromatic N) is 1. The molecule has 0 aliphatic rings. The van der Waals surface area contributed by atoms with Gasteiger partial charge in [0.25, 0.3) is 5.91 Å². The Kier molecular flexibility index (Phi) is 4.89. The molecule has 0 atom stereocenters. The number of nitrogens with one attached hydrogen (secondary N) is 3. The summed E-state index contributed by atoms with van der Waals surface area (Å²) < 4.78 is 0. The van der Waals surface area contributed by atoms with Gasteiger partial charge in [-0.2, -0.15) is 5.10 Å². The van der Waals surface area contributed by atoms with Gasteiger partial charge in [0.05, 0.1) is 6.42 Å². The van der Waals surface area contributed by atoms with E-state index >= 15 is 0 Å². The lowest BCUT2D eigenvalue weighted by molar-refractivity contribution is -0.115. The first-order valence-electron chi connectivity index (χ1n) is 7.87. The number of benzene rings is 2. The van der Waals surface area contributed by atoms with Crippen LogP contribution in [0.25, 0.3) is 0 Å². The minimum atomic E-state index is -0.308. The Morgan fingerprint density at radius 3 is 2.36 bits per heavy atom. The van der Waals surface area contributed by atoms with Crippen molar-refractivity contribution in [1.82, 2.24) is 10.2 Å². The lowest BCUT2D eigenvalue weighted by Crippen LogP contribution is -2.15. The summed E-state index contributed by atoms with van der Waals surface area (Å²) >= 11 is 0. The van der Waals surface area contributed by atoms with Crippen LogP contribution in [-0.2, 0) is 11.2 Å². The summed E-state index contributed by atoms with van der Waals surface area (Å²) in [6.45, 7) is 1.83. The number of rotatable bonds is 5. The number of carbonyl (C=O) groups is 2. The van der Waals surface area contributed by atoms with Crippen molar-refractivity contribution >= 4 is 23.2 Å². The molecule has 3 rings (SSSR count). The Labute approximate surface area is 145 Å². The van der Waals surface area contributed by atoms with E-state index in [1.165, 1.54) is 0 Å². The predicted molar refractivity (Wildman–Crippen MR) is 96.5 cm³/mol. The molecular formula is C19H18N4O2.